The average Bonchev–Trinajstić information content (AvgIpc) is 3.72. The van der Waals surface area contributed by atoms with Crippen molar-refractivity contribution in [2.75, 3.05) is 0 Å². The van der Waals surface area contributed by atoms with Crippen LogP contribution in [0.3, 0.4) is 0 Å². The first-order valence-electron chi connectivity index (χ1n) is 18.3. The Bertz CT molecular complexity index is 2950. The van der Waals surface area contributed by atoms with E-state index in [1.165, 1.54) is 11.1 Å². The summed E-state index contributed by atoms with van der Waals surface area (Å²) in [5, 5.41) is 15.9. The van der Waals surface area contributed by atoms with Gasteiger partial charge in [-0.15, -0.1) is 0 Å². The van der Waals surface area contributed by atoms with E-state index in [1.54, 1.807) is 6.20 Å². The van der Waals surface area contributed by atoms with E-state index in [0.29, 0.717) is 5.56 Å². The SMILES string of the molecule is Cc1cccc(-c2ccc3c4ccccc4n(-c4cc(-c5cccnc5)cc(-n5c6ccccc6c6ccc(-c7cccc(C)c7)cc65)c4C#N)c3c2)c1. The maximum atomic E-state index is 11.4. The highest BCUT2D eigenvalue weighted by Gasteiger charge is 2.23. The van der Waals surface area contributed by atoms with E-state index in [2.05, 4.69) is 186 Å². The molecule has 0 atom stereocenters. The molecular formula is C50H34N4. The molecule has 0 spiro atoms. The van der Waals surface area contributed by atoms with Crippen molar-refractivity contribution in [3.05, 3.63) is 187 Å². The molecule has 254 valence electrons. The monoisotopic (exact) mass is 690 g/mol. The number of nitriles is 1. The highest BCUT2D eigenvalue weighted by atomic mass is 15.0. The summed E-state index contributed by atoms with van der Waals surface area (Å²) < 4.78 is 4.58. The summed E-state index contributed by atoms with van der Waals surface area (Å²) in [4.78, 5) is 4.51. The molecule has 4 heteroatoms. The Kier molecular flexibility index (Phi) is 7.28. The number of nitrogens with zero attached hydrogens (tertiary/aromatic N) is 4. The van der Waals surface area contributed by atoms with Crippen LogP contribution in [0.25, 0.3) is 88.4 Å². The molecule has 54 heavy (non-hydrogen) atoms. The van der Waals surface area contributed by atoms with Gasteiger partial charge in [-0.1, -0.05) is 126 Å². The third-order valence-corrected chi connectivity index (χ3v) is 10.7. The highest BCUT2D eigenvalue weighted by Crippen LogP contribution is 2.41. The van der Waals surface area contributed by atoms with Crippen molar-refractivity contribution in [2.24, 2.45) is 0 Å². The second-order valence-electron chi connectivity index (χ2n) is 14.2. The normalized spacial score (nSPS) is 11.5. The Morgan fingerprint density at radius 2 is 0.907 bits per heavy atom. The van der Waals surface area contributed by atoms with Crippen LogP contribution in [0.1, 0.15) is 16.7 Å². The fourth-order valence-electron chi connectivity index (χ4n) is 8.25. The Hall–Kier alpha value is -7.22. The molecule has 0 radical (unpaired) electrons. The zero-order chi connectivity index (χ0) is 36.3. The minimum Gasteiger partial charge on any atom is -0.308 e. The van der Waals surface area contributed by atoms with Crippen molar-refractivity contribution in [1.82, 2.24) is 14.1 Å². The largest absolute Gasteiger partial charge is 0.308 e. The third kappa shape index (κ3) is 5.02. The van der Waals surface area contributed by atoms with Crippen molar-refractivity contribution in [2.45, 2.75) is 13.8 Å². The van der Waals surface area contributed by atoms with Crippen LogP contribution in [-0.2, 0) is 0 Å². The summed E-state index contributed by atoms with van der Waals surface area (Å²) in [5.41, 5.74) is 15.4. The van der Waals surface area contributed by atoms with Crippen molar-refractivity contribution >= 4 is 43.6 Å². The minimum absolute atomic E-state index is 0.592. The fourth-order valence-corrected chi connectivity index (χ4v) is 8.25. The van der Waals surface area contributed by atoms with E-state index in [-0.39, 0.29) is 0 Å². The number of hydrogen-bond acceptors (Lipinski definition) is 2. The van der Waals surface area contributed by atoms with Crippen molar-refractivity contribution in [3.8, 4) is 50.8 Å². The predicted molar refractivity (Wildman–Crippen MR) is 223 cm³/mol. The first kappa shape index (κ1) is 31.5. The number of benzene rings is 7. The van der Waals surface area contributed by atoms with Gasteiger partial charge in [-0.25, -0.2) is 0 Å². The van der Waals surface area contributed by atoms with Crippen molar-refractivity contribution < 1.29 is 0 Å². The van der Waals surface area contributed by atoms with Crippen LogP contribution >= 0.6 is 0 Å². The number of aryl methyl sites for hydroxylation is 2. The molecule has 4 nitrogen and oxygen atoms in total. The molecule has 3 heterocycles. The Balaban J connectivity index is 1.33. The van der Waals surface area contributed by atoms with E-state index in [1.807, 2.05) is 12.3 Å². The first-order valence-corrected chi connectivity index (χ1v) is 18.3. The lowest BCUT2D eigenvalue weighted by molar-refractivity contribution is 1.12. The second-order valence-corrected chi connectivity index (χ2v) is 14.2. The van der Waals surface area contributed by atoms with E-state index in [4.69, 9.17) is 0 Å². The van der Waals surface area contributed by atoms with Gasteiger partial charge < -0.3 is 9.13 Å². The molecule has 0 aliphatic carbocycles. The van der Waals surface area contributed by atoms with Crippen LogP contribution in [-0.4, -0.2) is 14.1 Å². The number of hydrogen-bond donors (Lipinski definition) is 0. The van der Waals surface area contributed by atoms with Gasteiger partial charge in [-0.3, -0.25) is 4.98 Å². The van der Waals surface area contributed by atoms with Gasteiger partial charge in [0.25, 0.3) is 0 Å². The van der Waals surface area contributed by atoms with Gasteiger partial charge in [-0.05, 0) is 84.1 Å². The molecule has 0 aliphatic rings. The maximum Gasteiger partial charge on any atom is 0.104 e. The van der Waals surface area contributed by atoms with Crippen LogP contribution in [0.4, 0.5) is 0 Å². The summed E-state index contributed by atoms with van der Waals surface area (Å²) in [5.74, 6) is 0. The summed E-state index contributed by atoms with van der Waals surface area (Å²) in [6.07, 6.45) is 3.70. The fraction of sp³-hybridized carbons (Fsp3) is 0.0400. The molecule has 7 aromatic carbocycles. The Labute approximate surface area is 313 Å². The standard InChI is InChI=1S/C50H34N4/c1-32-10-7-12-34(24-32)36-19-21-42-40-15-3-5-17-45(40)53(47(42)26-36)49-28-39(38-14-9-23-52-31-38)29-50(44(49)30-51)54-46-18-6-4-16-41(46)43-22-20-37(27-48(43)54)35-13-8-11-33(2)25-35/h3-29,31H,1-2H3. The van der Waals surface area contributed by atoms with Crippen LogP contribution < -0.4 is 0 Å². The summed E-state index contributed by atoms with van der Waals surface area (Å²) in [6.45, 7) is 4.25. The molecule has 0 saturated carbocycles. The van der Waals surface area contributed by atoms with Crippen molar-refractivity contribution in [1.29, 1.82) is 5.26 Å². The molecule has 0 N–H and O–H groups in total. The lowest BCUT2D eigenvalue weighted by Crippen LogP contribution is -2.05. The molecule has 0 aliphatic heterocycles. The lowest BCUT2D eigenvalue weighted by atomic mass is 10.00. The van der Waals surface area contributed by atoms with Gasteiger partial charge >= 0.3 is 0 Å². The molecular weight excluding hydrogens is 657 g/mol. The molecule has 10 rings (SSSR count). The summed E-state index contributed by atoms with van der Waals surface area (Å²) >= 11 is 0. The third-order valence-electron chi connectivity index (χ3n) is 10.7. The van der Waals surface area contributed by atoms with Gasteiger partial charge in [0.2, 0.25) is 0 Å². The Morgan fingerprint density at radius 3 is 1.39 bits per heavy atom. The van der Waals surface area contributed by atoms with Gasteiger partial charge in [0, 0.05) is 39.5 Å². The van der Waals surface area contributed by atoms with Crippen LogP contribution in [0.15, 0.2) is 170 Å². The zero-order valence-corrected chi connectivity index (χ0v) is 30.0. The maximum absolute atomic E-state index is 11.4. The van der Waals surface area contributed by atoms with Gasteiger partial charge in [0.1, 0.15) is 11.6 Å². The predicted octanol–water partition coefficient (Wildman–Crippen LogP) is 12.8. The van der Waals surface area contributed by atoms with Crippen molar-refractivity contribution in [3.63, 3.8) is 0 Å². The number of pyridine rings is 1. The summed E-state index contributed by atoms with van der Waals surface area (Å²) in [7, 11) is 0. The smallest absolute Gasteiger partial charge is 0.104 e. The molecule has 3 aromatic heterocycles. The molecule has 0 saturated heterocycles. The van der Waals surface area contributed by atoms with E-state index >= 15 is 0 Å². The van der Waals surface area contributed by atoms with Gasteiger partial charge in [0.15, 0.2) is 0 Å². The minimum atomic E-state index is 0.592. The molecule has 0 amide bonds. The van der Waals surface area contributed by atoms with Gasteiger partial charge in [-0.2, -0.15) is 5.26 Å². The number of aromatic nitrogens is 3. The van der Waals surface area contributed by atoms with E-state index < -0.39 is 0 Å². The summed E-state index contributed by atoms with van der Waals surface area (Å²) in [6, 6.07) is 58.8. The molecule has 10 aromatic rings. The first-order chi connectivity index (χ1) is 26.6. The quantitative estimate of drug-likeness (QED) is 0.180. The van der Waals surface area contributed by atoms with Crippen LogP contribution in [0, 0.1) is 25.2 Å². The highest BCUT2D eigenvalue weighted by molar-refractivity contribution is 6.12. The van der Waals surface area contributed by atoms with Crippen LogP contribution in [0.2, 0.25) is 0 Å². The molecule has 0 bridgehead atoms. The van der Waals surface area contributed by atoms with Crippen LogP contribution in [0.5, 0.6) is 0 Å². The average molecular weight is 691 g/mol. The Morgan fingerprint density at radius 1 is 0.426 bits per heavy atom. The number of fused-ring (bicyclic) bond motifs is 6. The number of para-hydroxylation sites is 2. The molecule has 0 fully saturated rings. The number of rotatable bonds is 5. The zero-order valence-electron chi connectivity index (χ0n) is 30.0. The topological polar surface area (TPSA) is 46.5 Å². The lowest BCUT2D eigenvalue weighted by Gasteiger charge is -2.18. The van der Waals surface area contributed by atoms with E-state index in [0.717, 1.165) is 88.4 Å². The second kappa shape index (κ2) is 12.5. The van der Waals surface area contributed by atoms with Gasteiger partial charge in [0.05, 0.1) is 33.4 Å². The van der Waals surface area contributed by atoms with E-state index in [9.17, 15) is 5.26 Å². The molecule has 0 unspecified atom stereocenters.